The molecular formula is C25H36N2O4. The molecule has 1 N–H and O–H groups in total. The average molecular weight is 429 g/mol. The monoisotopic (exact) mass is 428 g/mol. The van der Waals surface area contributed by atoms with E-state index in [9.17, 15) is 9.59 Å². The van der Waals surface area contributed by atoms with Gasteiger partial charge in [-0.1, -0.05) is 12.8 Å². The molecule has 1 aromatic carbocycles. The van der Waals surface area contributed by atoms with Crippen LogP contribution >= 0.6 is 0 Å². The third kappa shape index (κ3) is 4.99. The predicted molar refractivity (Wildman–Crippen MR) is 121 cm³/mol. The molecular weight excluding hydrogens is 392 g/mol. The number of benzene rings is 1. The topological polar surface area (TPSA) is 67.9 Å². The van der Waals surface area contributed by atoms with Gasteiger partial charge in [0.25, 0.3) is 0 Å². The van der Waals surface area contributed by atoms with E-state index in [-0.39, 0.29) is 11.9 Å². The first-order valence-electron chi connectivity index (χ1n) is 11.7. The summed E-state index contributed by atoms with van der Waals surface area (Å²) in [5.74, 6) is 1.56. The van der Waals surface area contributed by atoms with E-state index in [0.29, 0.717) is 43.7 Å². The van der Waals surface area contributed by atoms with Crippen molar-refractivity contribution in [3.8, 4) is 5.75 Å². The first-order chi connectivity index (χ1) is 14.6. The number of nitrogens with zero attached hydrogens (tertiary/aromatic N) is 1. The van der Waals surface area contributed by atoms with Gasteiger partial charge in [-0.25, -0.2) is 4.79 Å². The Bertz CT molecular complexity index is 844. The number of carbonyl (C=O) groups is 2. The van der Waals surface area contributed by atoms with Gasteiger partial charge in [-0.2, -0.15) is 0 Å². The molecule has 1 amide bonds. The number of ketones is 1. The molecule has 6 nitrogen and oxygen atoms in total. The zero-order valence-corrected chi connectivity index (χ0v) is 19.4. The Kier molecular flexibility index (Phi) is 5.93. The SMILES string of the molecule is Cc1cc2c(cc1NCC1CCCC1)OC1(CCN(C(=O)OC(C)(C)C)CC1)CC2=O. The van der Waals surface area contributed by atoms with Crippen LogP contribution in [0, 0.1) is 12.8 Å². The van der Waals surface area contributed by atoms with Crippen molar-refractivity contribution in [2.45, 2.75) is 83.8 Å². The molecule has 0 bridgehead atoms. The lowest BCUT2D eigenvalue weighted by atomic mass is 9.82. The van der Waals surface area contributed by atoms with Crippen LogP contribution in [0.4, 0.5) is 10.5 Å². The number of aryl methyl sites for hydroxylation is 1. The van der Waals surface area contributed by atoms with E-state index in [2.05, 4.69) is 5.32 Å². The van der Waals surface area contributed by atoms with E-state index in [1.54, 1.807) is 4.90 Å². The molecule has 1 saturated heterocycles. The molecule has 31 heavy (non-hydrogen) atoms. The maximum atomic E-state index is 13.0. The van der Waals surface area contributed by atoms with Crippen molar-refractivity contribution in [1.29, 1.82) is 0 Å². The summed E-state index contributed by atoms with van der Waals surface area (Å²) >= 11 is 0. The molecule has 0 radical (unpaired) electrons. The highest BCUT2D eigenvalue weighted by atomic mass is 16.6. The minimum Gasteiger partial charge on any atom is -0.486 e. The zero-order chi connectivity index (χ0) is 22.2. The molecule has 4 rings (SSSR count). The number of piperidine rings is 1. The smallest absolute Gasteiger partial charge is 0.410 e. The fourth-order valence-electron chi connectivity index (χ4n) is 5.01. The molecule has 6 heteroatoms. The molecule has 1 spiro atoms. The van der Waals surface area contributed by atoms with Crippen molar-refractivity contribution >= 4 is 17.6 Å². The quantitative estimate of drug-likeness (QED) is 0.705. The molecule has 3 aliphatic rings. The van der Waals surface area contributed by atoms with Crippen LogP contribution in [0.25, 0.3) is 0 Å². The predicted octanol–water partition coefficient (Wildman–Crippen LogP) is 5.33. The lowest BCUT2D eigenvalue weighted by molar-refractivity contribution is -0.0226. The second-order valence-electron chi connectivity index (χ2n) is 10.5. The van der Waals surface area contributed by atoms with Crippen LogP contribution < -0.4 is 10.1 Å². The summed E-state index contributed by atoms with van der Waals surface area (Å²) in [7, 11) is 0. The van der Waals surface area contributed by atoms with Gasteiger partial charge < -0.3 is 19.7 Å². The van der Waals surface area contributed by atoms with Gasteiger partial charge in [0.05, 0.1) is 12.0 Å². The first-order valence-corrected chi connectivity index (χ1v) is 11.7. The summed E-state index contributed by atoms with van der Waals surface area (Å²) in [5, 5.41) is 3.59. The molecule has 1 aromatic rings. The van der Waals surface area contributed by atoms with Crippen molar-refractivity contribution in [3.05, 3.63) is 23.3 Å². The minimum absolute atomic E-state index is 0.136. The van der Waals surface area contributed by atoms with E-state index >= 15 is 0 Å². The molecule has 170 valence electrons. The third-order valence-electron chi connectivity index (χ3n) is 6.82. The van der Waals surface area contributed by atoms with Crippen molar-refractivity contribution < 1.29 is 19.1 Å². The van der Waals surface area contributed by atoms with Crippen LogP contribution in [0.15, 0.2) is 12.1 Å². The molecule has 0 atom stereocenters. The Morgan fingerprint density at radius 3 is 2.55 bits per heavy atom. The second kappa shape index (κ2) is 8.36. The van der Waals surface area contributed by atoms with Crippen LogP contribution in [0.3, 0.4) is 0 Å². The van der Waals surface area contributed by atoms with Crippen LogP contribution in [-0.4, -0.2) is 47.6 Å². The normalized spacial score (nSPS) is 21.0. The molecule has 2 aliphatic heterocycles. The van der Waals surface area contributed by atoms with Gasteiger partial charge in [0.15, 0.2) is 5.78 Å². The molecule has 0 unspecified atom stereocenters. The van der Waals surface area contributed by atoms with Gasteiger partial charge >= 0.3 is 6.09 Å². The molecule has 1 aliphatic carbocycles. The number of fused-ring (bicyclic) bond motifs is 1. The number of hydrogen-bond donors (Lipinski definition) is 1. The highest BCUT2D eigenvalue weighted by Crippen LogP contribution is 2.41. The van der Waals surface area contributed by atoms with E-state index in [1.165, 1.54) is 25.7 Å². The Morgan fingerprint density at radius 2 is 1.90 bits per heavy atom. The Morgan fingerprint density at radius 1 is 1.23 bits per heavy atom. The largest absolute Gasteiger partial charge is 0.486 e. The van der Waals surface area contributed by atoms with Crippen molar-refractivity contribution in [2.24, 2.45) is 5.92 Å². The summed E-state index contributed by atoms with van der Waals surface area (Å²) in [6, 6.07) is 3.98. The Balaban J connectivity index is 1.44. The number of likely N-dealkylation sites (tertiary alicyclic amines) is 1. The van der Waals surface area contributed by atoms with Crippen LogP contribution in [0.1, 0.15) is 81.6 Å². The summed E-state index contributed by atoms with van der Waals surface area (Å²) in [6.07, 6.45) is 6.60. The van der Waals surface area contributed by atoms with Gasteiger partial charge in [-0.3, -0.25) is 4.79 Å². The third-order valence-corrected chi connectivity index (χ3v) is 6.82. The van der Waals surface area contributed by atoms with Crippen molar-refractivity contribution in [2.75, 3.05) is 25.0 Å². The number of nitrogens with one attached hydrogen (secondary N) is 1. The number of hydrogen-bond acceptors (Lipinski definition) is 5. The highest BCUT2D eigenvalue weighted by Gasteiger charge is 2.44. The number of amides is 1. The number of Topliss-reactive ketones (excluding diaryl/α,β-unsaturated/α-hetero) is 1. The van der Waals surface area contributed by atoms with Gasteiger partial charge in [0.1, 0.15) is 17.0 Å². The van der Waals surface area contributed by atoms with Gasteiger partial charge in [0.2, 0.25) is 0 Å². The van der Waals surface area contributed by atoms with Crippen LogP contribution in [0.5, 0.6) is 5.75 Å². The number of anilines is 1. The van der Waals surface area contributed by atoms with Gasteiger partial charge in [-0.15, -0.1) is 0 Å². The van der Waals surface area contributed by atoms with E-state index in [1.807, 2.05) is 39.8 Å². The molecule has 2 fully saturated rings. The first kappa shape index (κ1) is 22.0. The highest BCUT2D eigenvalue weighted by molar-refractivity contribution is 6.01. The summed E-state index contributed by atoms with van der Waals surface area (Å²) in [4.78, 5) is 27.1. The lowest BCUT2D eigenvalue weighted by Crippen LogP contribution is -2.53. The standard InChI is InChI=1S/C25H36N2O4/c1-17-13-19-21(28)15-25(9-11-27(12-10-25)23(29)31-24(2,3)4)30-22(19)14-20(17)26-16-18-7-5-6-8-18/h13-14,18,26H,5-12,15-16H2,1-4H3. The van der Waals surface area contributed by atoms with Crippen molar-refractivity contribution in [3.63, 3.8) is 0 Å². The number of ether oxygens (including phenoxy) is 2. The molecule has 1 saturated carbocycles. The Hall–Kier alpha value is -2.24. The summed E-state index contributed by atoms with van der Waals surface area (Å²) in [6.45, 7) is 9.72. The zero-order valence-electron chi connectivity index (χ0n) is 19.4. The number of carbonyl (C=O) groups excluding carboxylic acids is 2. The maximum absolute atomic E-state index is 13.0. The second-order valence-corrected chi connectivity index (χ2v) is 10.5. The molecule has 2 heterocycles. The minimum atomic E-state index is -0.527. The van der Waals surface area contributed by atoms with Crippen molar-refractivity contribution in [1.82, 2.24) is 4.90 Å². The fraction of sp³-hybridized carbons (Fsp3) is 0.680. The average Bonchev–Trinajstić information content (AvgIpc) is 3.20. The Labute approximate surface area is 185 Å². The lowest BCUT2D eigenvalue weighted by Gasteiger charge is -2.44. The summed E-state index contributed by atoms with van der Waals surface area (Å²) < 4.78 is 12.0. The van der Waals surface area contributed by atoms with Gasteiger partial charge in [0, 0.05) is 44.2 Å². The fourth-order valence-corrected chi connectivity index (χ4v) is 5.01. The van der Waals surface area contributed by atoms with E-state index < -0.39 is 11.2 Å². The van der Waals surface area contributed by atoms with Crippen LogP contribution in [0.2, 0.25) is 0 Å². The van der Waals surface area contributed by atoms with Gasteiger partial charge in [-0.05, 0) is 58.1 Å². The molecule has 0 aromatic heterocycles. The summed E-state index contributed by atoms with van der Waals surface area (Å²) in [5.41, 5.74) is 1.79. The van der Waals surface area contributed by atoms with Crippen LogP contribution in [-0.2, 0) is 4.74 Å². The van der Waals surface area contributed by atoms with E-state index in [4.69, 9.17) is 9.47 Å². The maximum Gasteiger partial charge on any atom is 0.410 e. The number of rotatable bonds is 3. The van der Waals surface area contributed by atoms with E-state index in [0.717, 1.165) is 23.7 Å².